The van der Waals surface area contributed by atoms with Crippen LogP contribution < -0.4 is 5.32 Å². The number of nitrogens with one attached hydrogen (secondary N) is 1. The van der Waals surface area contributed by atoms with Crippen molar-refractivity contribution in [1.29, 1.82) is 0 Å². The second kappa shape index (κ2) is 5.65. The van der Waals surface area contributed by atoms with Crippen molar-refractivity contribution in [3.05, 3.63) is 54.4 Å². The minimum absolute atomic E-state index is 0.108. The normalized spacial score (nSPS) is 10.5. The highest BCUT2D eigenvalue weighted by Crippen LogP contribution is 2.22. The van der Waals surface area contributed by atoms with Crippen LogP contribution in [0.1, 0.15) is 10.5 Å². The Bertz CT molecular complexity index is 851. The van der Waals surface area contributed by atoms with Gasteiger partial charge < -0.3 is 10.4 Å². The van der Waals surface area contributed by atoms with Crippen molar-refractivity contribution in [2.45, 2.75) is 6.54 Å². The summed E-state index contributed by atoms with van der Waals surface area (Å²) in [6.07, 6.45) is 1.21. The number of hydrogen-bond donors (Lipinski definition) is 2. The lowest BCUT2D eigenvalue weighted by Crippen LogP contribution is -2.19. The van der Waals surface area contributed by atoms with Crippen LogP contribution >= 0.6 is 0 Å². The van der Waals surface area contributed by atoms with Gasteiger partial charge in [-0.3, -0.25) is 4.79 Å². The number of amides is 1. The van der Waals surface area contributed by atoms with Gasteiger partial charge in [0.2, 0.25) is 5.91 Å². The number of carbonyl (C=O) groups excluding carboxylic acids is 1. The molecule has 7 heteroatoms. The second-order valence-corrected chi connectivity index (χ2v) is 4.68. The molecule has 0 atom stereocenters. The maximum atomic E-state index is 12.1. The van der Waals surface area contributed by atoms with E-state index in [2.05, 4.69) is 15.6 Å². The molecule has 0 saturated carbocycles. The summed E-state index contributed by atoms with van der Waals surface area (Å²) >= 11 is 0. The maximum Gasteiger partial charge on any atom is 0.358 e. The summed E-state index contributed by atoms with van der Waals surface area (Å²) in [5.74, 6) is -1.49. The predicted octanol–water partition coefficient (Wildman–Crippen LogP) is 1.77. The molecule has 0 bridgehead atoms. The maximum absolute atomic E-state index is 12.1. The molecular formula is C15H12N4O3. The van der Waals surface area contributed by atoms with Crippen molar-refractivity contribution in [2.75, 3.05) is 5.32 Å². The molecule has 0 fully saturated rings. The van der Waals surface area contributed by atoms with Gasteiger partial charge in [-0.05, 0) is 11.5 Å². The Morgan fingerprint density at radius 2 is 1.91 bits per heavy atom. The number of fused-ring (bicyclic) bond motifs is 1. The standard InChI is InChI=1S/C15H12N4O3/c20-14(9-19-8-13(15(21)22)17-18-19)16-12-7-3-5-10-4-1-2-6-11(10)12/h1-8H,9H2,(H,16,20)(H,21,22). The van der Waals surface area contributed by atoms with Gasteiger partial charge in [0.15, 0.2) is 5.69 Å². The highest BCUT2D eigenvalue weighted by Gasteiger charge is 2.11. The van der Waals surface area contributed by atoms with E-state index in [0.29, 0.717) is 5.69 Å². The largest absolute Gasteiger partial charge is 0.476 e. The number of carboxylic acid groups (broad SMARTS) is 1. The minimum atomic E-state index is -1.18. The number of benzene rings is 2. The number of aromatic carboxylic acids is 1. The third-order valence-electron chi connectivity index (χ3n) is 3.13. The van der Waals surface area contributed by atoms with Gasteiger partial charge >= 0.3 is 5.97 Å². The van der Waals surface area contributed by atoms with E-state index in [1.165, 1.54) is 10.9 Å². The number of nitrogens with zero attached hydrogens (tertiary/aromatic N) is 3. The van der Waals surface area contributed by atoms with Crippen molar-refractivity contribution < 1.29 is 14.7 Å². The van der Waals surface area contributed by atoms with Crippen LogP contribution in [-0.2, 0) is 11.3 Å². The number of carbonyl (C=O) groups is 2. The summed E-state index contributed by atoms with van der Waals surface area (Å²) in [5.41, 5.74) is 0.500. The van der Waals surface area contributed by atoms with Crippen LogP contribution in [0.3, 0.4) is 0 Å². The Morgan fingerprint density at radius 3 is 2.68 bits per heavy atom. The number of rotatable bonds is 4. The molecule has 0 aliphatic rings. The van der Waals surface area contributed by atoms with E-state index < -0.39 is 5.97 Å². The molecule has 1 amide bonds. The van der Waals surface area contributed by atoms with Crippen LogP contribution in [0.25, 0.3) is 10.8 Å². The first-order valence-electron chi connectivity index (χ1n) is 6.54. The Balaban J connectivity index is 1.77. The molecule has 3 rings (SSSR count). The third kappa shape index (κ3) is 2.78. The molecule has 22 heavy (non-hydrogen) atoms. The lowest BCUT2D eigenvalue weighted by atomic mass is 10.1. The molecule has 0 unspecified atom stereocenters. The van der Waals surface area contributed by atoms with E-state index in [1.54, 1.807) is 0 Å². The Morgan fingerprint density at radius 1 is 1.14 bits per heavy atom. The lowest BCUT2D eigenvalue weighted by molar-refractivity contribution is -0.116. The van der Waals surface area contributed by atoms with Crippen LogP contribution in [0.4, 0.5) is 5.69 Å². The monoisotopic (exact) mass is 296 g/mol. The summed E-state index contributed by atoms with van der Waals surface area (Å²) in [6.45, 7) is -0.108. The molecule has 110 valence electrons. The Kier molecular flexibility index (Phi) is 3.53. The number of anilines is 1. The molecule has 2 N–H and O–H groups in total. The topological polar surface area (TPSA) is 97.1 Å². The van der Waals surface area contributed by atoms with Gasteiger partial charge in [-0.15, -0.1) is 5.10 Å². The Labute approximate surface area is 125 Å². The van der Waals surface area contributed by atoms with E-state index in [0.717, 1.165) is 10.8 Å². The van der Waals surface area contributed by atoms with Gasteiger partial charge in [0.05, 0.1) is 6.20 Å². The van der Waals surface area contributed by atoms with Crippen molar-refractivity contribution in [3.63, 3.8) is 0 Å². The molecule has 2 aromatic carbocycles. The highest BCUT2D eigenvalue weighted by molar-refractivity contribution is 6.02. The lowest BCUT2D eigenvalue weighted by Gasteiger charge is -2.08. The molecule has 1 aromatic heterocycles. The third-order valence-corrected chi connectivity index (χ3v) is 3.13. The van der Waals surface area contributed by atoms with Crippen molar-refractivity contribution in [1.82, 2.24) is 15.0 Å². The predicted molar refractivity (Wildman–Crippen MR) is 79.6 cm³/mol. The molecule has 0 spiro atoms. The zero-order chi connectivity index (χ0) is 15.5. The van der Waals surface area contributed by atoms with E-state index in [-0.39, 0.29) is 18.1 Å². The van der Waals surface area contributed by atoms with E-state index in [9.17, 15) is 9.59 Å². The van der Waals surface area contributed by atoms with Crippen LogP contribution in [0, 0.1) is 0 Å². The van der Waals surface area contributed by atoms with Crippen molar-refractivity contribution in [2.24, 2.45) is 0 Å². The fraction of sp³-hybridized carbons (Fsp3) is 0.0667. The number of aromatic nitrogens is 3. The van der Waals surface area contributed by atoms with Gasteiger partial charge in [0, 0.05) is 11.1 Å². The first-order chi connectivity index (χ1) is 10.6. The first kappa shape index (κ1) is 13.7. The summed E-state index contributed by atoms with van der Waals surface area (Å²) in [7, 11) is 0. The van der Waals surface area contributed by atoms with Gasteiger partial charge in [-0.1, -0.05) is 41.6 Å². The first-order valence-corrected chi connectivity index (χ1v) is 6.54. The molecule has 0 radical (unpaired) electrons. The highest BCUT2D eigenvalue weighted by atomic mass is 16.4. The fourth-order valence-electron chi connectivity index (χ4n) is 2.14. The molecule has 1 heterocycles. The molecule has 0 aliphatic carbocycles. The zero-order valence-corrected chi connectivity index (χ0v) is 11.4. The summed E-state index contributed by atoms with van der Waals surface area (Å²) in [4.78, 5) is 22.8. The molecule has 3 aromatic rings. The summed E-state index contributed by atoms with van der Waals surface area (Å²) in [6, 6.07) is 13.3. The van der Waals surface area contributed by atoms with Gasteiger partial charge in [-0.2, -0.15) is 0 Å². The average Bonchev–Trinajstić information content (AvgIpc) is 2.96. The van der Waals surface area contributed by atoms with Crippen molar-refractivity contribution in [3.8, 4) is 0 Å². The van der Waals surface area contributed by atoms with E-state index in [4.69, 9.17) is 5.11 Å². The smallest absolute Gasteiger partial charge is 0.358 e. The van der Waals surface area contributed by atoms with Crippen LogP contribution in [0.2, 0.25) is 0 Å². The average molecular weight is 296 g/mol. The Hall–Kier alpha value is -3.22. The fourth-order valence-corrected chi connectivity index (χ4v) is 2.14. The zero-order valence-electron chi connectivity index (χ0n) is 11.4. The second-order valence-electron chi connectivity index (χ2n) is 4.68. The minimum Gasteiger partial charge on any atom is -0.476 e. The van der Waals surface area contributed by atoms with Crippen LogP contribution in [0.5, 0.6) is 0 Å². The summed E-state index contributed by atoms with van der Waals surface area (Å²) in [5, 5.41) is 20.6. The molecule has 7 nitrogen and oxygen atoms in total. The number of hydrogen-bond acceptors (Lipinski definition) is 4. The molecule has 0 aliphatic heterocycles. The van der Waals surface area contributed by atoms with Crippen LogP contribution in [-0.4, -0.2) is 32.0 Å². The van der Waals surface area contributed by atoms with Gasteiger partial charge in [-0.25, -0.2) is 9.48 Å². The van der Waals surface area contributed by atoms with Gasteiger partial charge in [0.25, 0.3) is 0 Å². The van der Waals surface area contributed by atoms with E-state index >= 15 is 0 Å². The van der Waals surface area contributed by atoms with Gasteiger partial charge in [0.1, 0.15) is 6.54 Å². The van der Waals surface area contributed by atoms with Crippen molar-refractivity contribution >= 4 is 28.3 Å². The molecule has 0 saturated heterocycles. The quantitative estimate of drug-likeness (QED) is 0.764. The summed E-state index contributed by atoms with van der Waals surface area (Å²) < 4.78 is 1.18. The van der Waals surface area contributed by atoms with Crippen LogP contribution in [0.15, 0.2) is 48.7 Å². The molecular weight excluding hydrogens is 284 g/mol. The van der Waals surface area contributed by atoms with E-state index in [1.807, 2.05) is 42.5 Å². The SMILES string of the molecule is O=C(Cn1cc(C(=O)O)nn1)Nc1cccc2ccccc12. The number of carboxylic acids is 1.